The summed E-state index contributed by atoms with van der Waals surface area (Å²) < 4.78 is 0. The first-order valence-electron chi connectivity index (χ1n) is 6.13. The quantitative estimate of drug-likeness (QED) is 0.840. The molecule has 0 radical (unpaired) electrons. The molecule has 0 aromatic carbocycles. The van der Waals surface area contributed by atoms with Gasteiger partial charge in [-0.3, -0.25) is 14.7 Å². The van der Waals surface area contributed by atoms with E-state index in [2.05, 4.69) is 16.0 Å². The molecule has 17 heavy (non-hydrogen) atoms. The van der Waals surface area contributed by atoms with Crippen LogP contribution in [-0.4, -0.2) is 40.1 Å². The number of likely N-dealkylation sites (tertiary alicyclic amines) is 1. The van der Waals surface area contributed by atoms with E-state index in [9.17, 15) is 4.79 Å². The molecule has 0 aliphatic carbocycles. The second-order valence-electron chi connectivity index (χ2n) is 4.50. The number of aryl methyl sites for hydroxylation is 1. The first kappa shape index (κ1) is 12.0. The minimum Gasteiger partial charge on any atom is -0.480 e. The minimum atomic E-state index is -0.677. The Balaban J connectivity index is 1.77. The number of carboxylic acids is 1. The Hall–Kier alpha value is -1.42. The van der Waals surface area contributed by atoms with Crippen molar-refractivity contribution in [3.05, 3.63) is 30.1 Å². The lowest BCUT2D eigenvalue weighted by Gasteiger charge is -2.20. The summed E-state index contributed by atoms with van der Waals surface area (Å²) in [7, 11) is 0. The Morgan fingerprint density at radius 1 is 1.59 bits per heavy atom. The predicted octanol–water partition coefficient (Wildman–Crippen LogP) is 1.56. The molecular formula is C13H18N2O2. The first-order chi connectivity index (χ1) is 8.27. The number of pyridine rings is 1. The second-order valence-corrected chi connectivity index (χ2v) is 4.50. The van der Waals surface area contributed by atoms with Gasteiger partial charge in [-0.1, -0.05) is 6.07 Å². The number of carbonyl (C=O) groups is 1. The summed E-state index contributed by atoms with van der Waals surface area (Å²) in [6.45, 7) is 1.79. The third kappa shape index (κ3) is 3.27. The molecule has 1 fully saturated rings. The Kier molecular flexibility index (Phi) is 4.09. The number of aliphatic carboxylic acids is 1. The van der Waals surface area contributed by atoms with E-state index in [0.29, 0.717) is 0 Å². The van der Waals surface area contributed by atoms with Gasteiger partial charge in [-0.2, -0.15) is 0 Å². The van der Waals surface area contributed by atoms with Gasteiger partial charge in [-0.25, -0.2) is 0 Å². The fourth-order valence-electron chi connectivity index (χ4n) is 2.41. The number of nitrogens with zero attached hydrogens (tertiary/aromatic N) is 2. The Morgan fingerprint density at radius 2 is 2.47 bits per heavy atom. The molecule has 4 heteroatoms. The second kappa shape index (κ2) is 5.77. The summed E-state index contributed by atoms with van der Waals surface area (Å²) >= 11 is 0. The summed E-state index contributed by atoms with van der Waals surface area (Å²) in [5, 5.41) is 9.05. The summed E-state index contributed by atoms with van der Waals surface area (Å²) in [4.78, 5) is 17.1. The molecular weight excluding hydrogens is 216 g/mol. The molecule has 1 atom stereocenters. The van der Waals surface area contributed by atoms with E-state index in [1.54, 1.807) is 6.20 Å². The molecule has 0 amide bonds. The average Bonchev–Trinajstić information content (AvgIpc) is 2.79. The summed E-state index contributed by atoms with van der Waals surface area (Å²) in [6.07, 6.45) is 7.40. The molecule has 0 spiro atoms. The number of hydrogen-bond donors (Lipinski definition) is 1. The van der Waals surface area contributed by atoms with Crippen LogP contribution in [0.1, 0.15) is 24.8 Å². The Labute approximate surface area is 101 Å². The minimum absolute atomic E-state index is 0.260. The van der Waals surface area contributed by atoms with Crippen molar-refractivity contribution in [1.82, 2.24) is 9.88 Å². The van der Waals surface area contributed by atoms with Crippen LogP contribution < -0.4 is 0 Å². The van der Waals surface area contributed by atoms with E-state index in [-0.39, 0.29) is 6.04 Å². The normalized spacial score (nSPS) is 20.6. The summed E-state index contributed by atoms with van der Waals surface area (Å²) in [6, 6.07) is 3.74. The zero-order valence-corrected chi connectivity index (χ0v) is 9.88. The van der Waals surface area contributed by atoms with Crippen molar-refractivity contribution in [3.63, 3.8) is 0 Å². The van der Waals surface area contributed by atoms with E-state index in [1.807, 2.05) is 12.3 Å². The van der Waals surface area contributed by atoms with Gasteiger partial charge in [0.2, 0.25) is 0 Å². The van der Waals surface area contributed by atoms with Crippen LogP contribution in [0.3, 0.4) is 0 Å². The Bertz CT molecular complexity index is 367. The molecule has 0 bridgehead atoms. The van der Waals surface area contributed by atoms with Gasteiger partial charge in [-0.15, -0.1) is 0 Å². The fraction of sp³-hybridized carbons (Fsp3) is 0.538. The van der Waals surface area contributed by atoms with Crippen LogP contribution in [0.15, 0.2) is 24.5 Å². The van der Waals surface area contributed by atoms with E-state index >= 15 is 0 Å². The molecule has 2 rings (SSSR count). The lowest BCUT2D eigenvalue weighted by molar-refractivity contribution is -0.142. The van der Waals surface area contributed by atoms with E-state index < -0.39 is 5.97 Å². The third-order valence-corrected chi connectivity index (χ3v) is 3.28. The van der Waals surface area contributed by atoms with E-state index in [0.717, 1.165) is 38.8 Å². The van der Waals surface area contributed by atoms with Crippen molar-refractivity contribution >= 4 is 5.97 Å². The molecule has 1 saturated heterocycles. The van der Waals surface area contributed by atoms with Crippen LogP contribution in [0.4, 0.5) is 0 Å². The largest absolute Gasteiger partial charge is 0.480 e. The molecule has 92 valence electrons. The van der Waals surface area contributed by atoms with Gasteiger partial charge in [0.05, 0.1) is 0 Å². The van der Waals surface area contributed by atoms with Crippen molar-refractivity contribution in [3.8, 4) is 0 Å². The first-order valence-corrected chi connectivity index (χ1v) is 6.13. The molecule has 2 heterocycles. The zero-order valence-electron chi connectivity index (χ0n) is 9.88. The molecule has 1 unspecified atom stereocenters. The monoisotopic (exact) mass is 234 g/mol. The SMILES string of the molecule is O=C(O)C1CCCN1CCCc1cccnc1. The highest BCUT2D eigenvalue weighted by Crippen LogP contribution is 2.17. The van der Waals surface area contributed by atoms with Gasteiger partial charge in [0.25, 0.3) is 0 Å². The number of rotatable bonds is 5. The van der Waals surface area contributed by atoms with Crippen LogP contribution >= 0.6 is 0 Å². The molecule has 1 aliphatic rings. The van der Waals surface area contributed by atoms with Gasteiger partial charge >= 0.3 is 5.97 Å². The van der Waals surface area contributed by atoms with Gasteiger partial charge < -0.3 is 5.11 Å². The van der Waals surface area contributed by atoms with Crippen LogP contribution in [0.5, 0.6) is 0 Å². The highest BCUT2D eigenvalue weighted by atomic mass is 16.4. The topological polar surface area (TPSA) is 53.4 Å². The zero-order chi connectivity index (χ0) is 12.1. The average molecular weight is 234 g/mol. The van der Waals surface area contributed by atoms with E-state index in [4.69, 9.17) is 5.11 Å². The molecule has 1 aromatic heterocycles. The smallest absolute Gasteiger partial charge is 0.320 e. The predicted molar refractivity (Wildman–Crippen MR) is 64.8 cm³/mol. The molecule has 1 aromatic rings. The maximum atomic E-state index is 11.0. The third-order valence-electron chi connectivity index (χ3n) is 3.28. The van der Waals surface area contributed by atoms with Crippen molar-refractivity contribution in [2.24, 2.45) is 0 Å². The highest BCUT2D eigenvalue weighted by molar-refractivity contribution is 5.73. The molecule has 4 nitrogen and oxygen atoms in total. The fourth-order valence-corrected chi connectivity index (χ4v) is 2.41. The lowest BCUT2D eigenvalue weighted by Crippen LogP contribution is -2.36. The maximum Gasteiger partial charge on any atom is 0.320 e. The molecule has 1 N–H and O–H groups in total. The van der Waals surface area contributed by atoms with Crippen LogP contribution in [-0.2, 0) is 11.2 Å². The van der Waals surface area contributed by atoms with E-state index in [1.165, 1.54) is 5.56 Å². The Morgan fingerprint density at radius 3 is 3.18 bits per heavy atom. The van der Waals surface area contributed by atoms with Gasteiger partial charge in [0.15, 0.2) is 0 Å². The van der Waals surface area contributed by atoms with Crippen molar-refractivity contribution in [2.45, 2.75) is 31.7 Å². The molecule has 0 saturated carbocycles. The van der Waals surface area contributed by atoms with Crippen molar-refractivity contribution < 1.29 is 9.90 Å². The highest BCUT2D eigenvalue weighted by Gasteiger charge is 2.29. The van der Waals surface area contributed by atoms with Gasteiger partial charge in [0.1, 0.15) is 6.04 Å². The van der Waals surface area contributed by atoms with Crippen molar-refractivity contribution in [1.29, 1.82) is 0 Å². The molecule has 1 aliphatic heterocycles. The maximum absolute atomic E-state index is 11.0. The summed E-state index contributed by atoms with van der Waals surface area (Å²) in [5.74, 6) is -0.677. The van der Waals surface area contributed by atoms with Crippen LogP contribution in [0.2, 0.25) is 0 Å². The number of aromatic nitrogens is 1. The van der Waals surface area contributed by atoms with Crippen LogP contribution in [0, 0.1) is 0 Å². The number of carboxylic acid groups (broad SMARTS) is 1. The lowest BCUT2D eigenvalue weighted by atomic mass is 10.1. The van der Waals surface area contributed by atoms with Crippen molar-refractivity contribution in [2.75, 3.05) is 13.1 Å². The summed E-state index contributed by atoms with van der Waals surface area (Å²) in [5.41, 5.74) is 1.22. The standard InChI is InChI=1S/C13H18N2O2/c16-13(17)12-6-3-9-15(12)8-2-5-11-4-1-7-14-10-11/h1,4,7,10,12H,2-3,5-6,8-9H2,(H,16,17). The van der Waals surface area contributed by atoms with Gasteiger partial charge in [-0.05, 0) is 50.4 Å². The van der Waals surface area contributed by atoms with Crippen LogP contribution in [0.25, 0.3) is 0 Å². The van der Waals surface area contributed by atoms with Gasteiger partial charge in [0, 0.05) is 12.4 Å². The number of hydrogen-bond acceptors (Lipinski definition) is 3.